The van der Waals surface area contributed by atoms with Gasteiger partial charge in [0.05, 0.1) is 6.61 Å². The van der Waals surface area contributed by atoms with Gasteiger partial charge in [0.1, 0.15) is 0 Å². The van der Waals surface area contributed by atoms with Crippen molar-refractivity contribution in [1.82, 2.24) is 4.31 Å². The molecule has 1 aliphatic heterocycles. The Morgan fingerprint density at radius 3 is 2.76 bits per heavy atom. The fourth-order valence-electron chi connectivity index (χ4n) is 2.70. The highest BCUT2D eigenvalue weighted by molar-refractivity contribution is 7.97. The van der Waals surface area contributed by atoms with Crippen LogP contribution in [0.25, 0.3) is 0 Å². The molecular formula is C20H33NO3S. The molecule has 1 atom stereocenters. The molecule has 1 heterocycles. The number of rotatable bonds is 13. The smallest absolute Gasteiger partial charge is 0.330 e. The van der Waals surface area contributed by atoms with E-state index in [9.17, 15) is 9.59 Å². The topological polar surface area (TPSA) is 46.6 Å². The summed E-state index contributed by atoms with van der Waals surface area (Å²) in [6, 6.07) is 0.384. The standard InChI is InChI=1S/C20H33NO3S/c1-3-5-8-11-19(22)14-13-18-15-17-25-21(18)16-10-7-6-9-12-20(23)24-4-2/h9,12-14,18H,3-8,10-11,15-17H2,1-2H3/b12-9?,14-13+. The highest BCUT2D eigenvalue weighted by atomic mass is 32.2. The Balaban J connectivity index is 2.20. The SMILES string of the molecule is CCCCCC(=O)/C=C/C1CCSN1CCCCC=CC(=O)OCC. The van der Waals surface area contributed by atoms with Gasteiger partial charge in [-0.1, -0.05) is 43.9 Å². The molecule has 5 heteroatoms. The van der Waals surface area contributed by atoms with Crippen LogP contribution in [0.2, 0.25) is 0 Å². The summed E-state index contributed by atoms with van der Waals surface area (Å²) >= 11 is 1.88. The van der Waals surface area contributed by atoms with Gasteiger partial charge in [-0.3, -0.25) is 4.79 Å². The van der Waals surface area contributed by atoms with E-state index < -0.39 is 0 Å². The molecule has 1 fully saturated rings. The zero-order valence-electron chi connectivity index (χ0n) is 15.7. The monoisotopic (exact) mass is 367 g/mol. The van der Waals surface area contributed by atoms with Gasteiger partial charge in [-0.15, -0.1) is 0 Å². The second-order valence-electron chi connectivity index (χ2n) is 6.26. The van der Waals surface area contributed by atoms with Crippen molar-refractivity contribution < 1.29 is 14.3 Å². The van der Waals surface area contributed by atoms with Gasteiger partial charge in [0.25, 0.3) is 0 Å². The van der Waals surface area contributed by atoms with Gasteiger partial charge in [-0.25, -0.2) is 9.10 Å². The lowest BCUT2D eigenvalue weighted by atomic mass is 10.1. The number of unbranched alkanes of at least 4 members (excludes halogenated alkanes) is 4. The Labute approximate surface area is 157 Å². The Hall–Kier alpha value is -1.07. The summed E-state index contributed by atoms with van der Waals surface area (Å²) in [5.41, 5.74) is 0. The first-order valence-corrected chi connectivity index (χ1v) is 10.6. The Morgan fingerprint density at radius 2 is 2.00 bits per heavy atom. The minimum absolute atomic E-state index is 0.258. The molecule has 0 aliphatic carbocycles. The molecule has 0 amide bonds. The molecule has 0 saturated carbocycles. The number of hydrogen-bond acceptors (Lipinski definition) is 5. The minimum atomic E-state index is -0.258. The van der Waals surface area contributed by atoms with Gasteiger partial charge >= 0.3 is 5.97 Å². The third-order valence-corrected chi connectivity index (χ3v) is 5.31. The van der Waals surface area contributed by atoms with Crippen LogP contribution < -0.4 is 0 Å². The van der Waals surface area contributed by atoms with E-state index in [1.165, 1.54) is 6.08 Å². The Bertz CT molecular complexity index is 448. The lowest BCUT2D eigenvalue weighted by Crippen LogP contribution is -2.23. The van der Waals surface area contributed by atoms with Gasteiger partial charge in [0.15, 0.2) is 5.78 Å². The second-order valence-corrected chi connectivity index (χ2v) is 7.40. The number of ether oxygens (including phenoxy) is 1. The first-order chi connectivity index (χ1) is 12.2. The molecule has 25 heavy (non-hydrogen) atoms. The van der Waals surface area contributed by atoms with Crippen LogP contribution in [0.5, 0.6) is 0 Å². The first kappa shape index (κ1) is 22.0. The van der Waals surface area contributed by atoms with Crippen LogP contribution in [0.3, 0.4) is 0 Å². The predicted molar refractivity (Wildman–Crippen MR) is 105 cm³/mol. The highest BCUT2D eigenvalue weighted by Crippen LogP contribution is 2.28. The molecule has 0 bridgehead atoms. The van der Waals surface area contributed by atoms with E-state index in [1.54, 1.807) is 6.08 Å². The van der Waals surface area contributed by atoms with E-state index in [2.05, 4.69) is 17.3 Å². The Morgan fingerprint density at radius 1 is 1.16 bits per heavy atom. The van der Waals surface area contributed by atoms with E-state index in [4.69, 9.17) is 4.74 Å². The van der Waals surface area contributed by atoms with Crippen LogP contribution in [-0.2, 0) is 14.3 Å². The Kier molecular flexibility index (Phi) is 12.4. The summed E-state index contributed by atoms with van der Waals surface area (Å²) in [7, 11) is 0. The van der Waals surface area contributed by atoms with E-state index in [0.29, 0.717) is 19.1 Å². The van der Waals surface area contributed by atoms with Crippen LogP contribution >= 0.6 is 11.9 Å². The molecule has 0 aromatic heterocycles. The van der Waals surface area contributed by atoms with Crippen molar-refractivity contribution in [2.75, 3.05) is 18.9 Å². The van der Waals surface area contributed by atoms with Crippen LogP contribution in [0.4, 0.5) is 0 Å². The molecule has 1 rings (SSSR count). The molecular weight excluding hydrogens is 334 g/mol. The van der Waals surface area contributed by atoms with Crippen molar-refractivity contribution in [3.63, 3.8) is 0 Å². The molecule has 1 saturated heterocycles. The minimum Gasteiger partial charge on any atom is -0.463 e. The van der Waals surface area contributed by atoms with Crippen LogP contribution in [-0.4, -0.2) is 41.0 Å². The summed E-state index contributed by atoms with van der Waals surface area (Å²) in [4.78, 5) is 23.0. The molecule has 142 valence electrons. The maximum absolute atomic E-state index is 11.9. The van der Waals surface area contributed by atoms with E-state index >= 15 is 0 Å². The summed E-state index contributed by atoms with van der Waals surface area (Å²) < 4.78 is 7.24. The number of esters is 1. The maximum atomic E-state index is 11.9. The number of hydrogen-bond donors (Lipinski definition) is 0. The second kappa shape index (κ2) is 14.1. The average Bonchev–Trinajstić information content (AvgIpc) is 3.04. The number of carbonyl (C=O) groups is 2. The highest BCUT2D eigenvalue weighted by Gasteiger charge is 2.22. The van der Waals surface area contributed by atoms with Gasteiger partial charge in [0, 0.05) is 30.8 Å². The van der Waals surface area contributed by atoms with Crippen molar-refractivity contribution in [3.8, 4) is 0 Å². The third-order valence-electron chi connectivity index (χ3n) is 4.11. The van der Waals surface area contributed by atoms with Gasteiger partial charge in [-0.2, -0.15) is 0 Å². The van der Waals surface area contributed by atoms with Crippen molar-refractivity contribution in [2.24, 2.45) is 0 Å². The number of nitrogens with zero attached hydrogens (tertiary/aromatic N) is 1. The number of carbonyl (C=O) groups excluding carboxylic acids is 2. The first-order valence-electron chi connectivity index (χ1n) is 9.61. The van der Waals surface area contributed by atoms with E-state index in [1.807, 2.05) is 24.9 Å². The van der Waals surface area contributed by atoms with Crippen molar-refractivity contribution >= 4 is 23.7 Å². The molecule has 0 spiro atoms. The summed E-state index contributed by atoms with van der Waals surface area (Å²) in [5, 5.41) is 0. The molecule has 0 aromatic rings. The average molecular weight is 368 g/mol. The lowest BCUT2D eigenvalue weighted by Gasteiger charge is -2.19. The van der Waals surface area contributed by atoms with Crippen molar-refractivity contribution in [3.05, 3.63) is 24.3 Å². The summed E-state index contributed by atoms with van der Waals surface area (Å²) in [5.74, 6) is 1.13. The fraction of sp³-hybridized carbons (Fsp3) is 0.700. The lowest BCUT2D eigenvalue weighted by molar-refractivity contribution is -0.137. The molecule has 1 unspecified atom stereocenters. The summed E-state index contributed by atoms with van der Waals surface area (Å²) in [6.45, 7) is 5.41. The van der Waals surface area contributed by atoms with Gasteiger partial charge in [-0.05, 0) is 45.1 Å². The van der Waals surface area contributed by atoms with E-state index in [-0.39, 0.29) is 11.8 Å². The molecule has 0 radical (unpaired) electrons. The van der Waals surface area contributed by atoms with Crippen molar-refractivity contribution in [1.29, 1.82) is 0 Å². The zero-order valence-corrected chi connectivity index (χ0v) is 16.6. The molecule has 0 aromatic carbocycles. The maximum Gasteiger partial charge on any atom is 0.330 e. The van der Waals surface area contributed by atoms with Crippen LogP contribution in [0.1, 0.15) is 65.2 Å². The third kappa shape index (κ3) is 10.5. The van der Waals surface area contributed by atoms with E-state index in [0.717, 1.165) is 57.2 Å². The zero-order chi connectivity index (χ0) is 18.3. The quantitative estimate of drug-likeness (QED) is 0.204. The largest absolute Gasteiger partial charge is 0.463 e. The van der Waals surface area contributed by atoms with Crippen LogP contribution in [0.15, 0.2) is 24.3 Å². The number of ketones is 1. The normalized spacial score (nSPS) is 18.4. The van der Waals surface area contributed by atoms with Crippen LogP contribution in [0, 0.1) is 0 Å². The molecule has 1 aliphatic rings. The van der Waals surface area contributed by atoms with Gasteiger partial charge < -0.3 is 4.74 Å². The predicted octanol–water partition coefficient (Wildman–Crippen LogP) is 4.70. The number of allylic oxidation sites excluding steroid dienone is 2. The fourth-order valence-corrected chi connectivity index (χ4v) is 3.91. The van der Waals surface area contributed by atoms with Crippen molar-refractivity contribution in [2.45, 2.75) is 71.3 Å². The molecule has 0 N–H and O–H groups in total. The summed E-state index contributed by atoms with van der Waals surface area (Å²) in [6.07, 6.45) is 15.4. The van der Waals surface area contributed by atoms with Gasteiger partial charge in [0.2, 0.25) is 0 Å². The molecule has 4 nitrogen and oxygen atoms in total.